The number of benzene rings is 1. The summed E-state index contributed by atoms with van der Waals surface area (Å²) in [6.07, 6.45) is 1.65. The molecule has 1 unspecified atom stereocenters. The first-order valence-corrected chi connectivity index (χ1v) is 11.4. The van der Waals surface area contributed by atoms with E-state index in [1.165, 1.54) is 11.8 Å². The maximum atomic E-state index is 12.5. The van der Waals surface area contributed by atoms with E-state index in [0.717, 1.165) is 17.0 Å². The highest BCUT2D eigenvalue weighted by Gasteiger charge is 2.21. The highest BCUT2D eigenvalue weighted by molar-refractivity contribution is 7.98. The van der Waals surface area contributed by atoms with Gasteiger partial charge in [0.05, 0.1) is 13.5 Å². The van der Waals surface area contributed by atoms with Gasteiger partial charge in [0.1, 0.15) is 5.75 Å². The van der Waals surface area contributed by atoms with E-state index in [4.69, 9.17) is 9.47 Å². The molecule has 3 aromatic rings. The van der Waals surface area contributed by atoms with Crippen LogP contribution in [0.5, 0.6) is 5.75 Å². The van der Waals surface area contributed by atoms with Gasteiger partial charge >= 0.3 is 5.97 Å². The van der Waals surface area contributed by atoms with E-state index in [1.807, 2.05) is 44.4 Å². The Bertz CT molecular complexity index is 1110. The van der Waals surface area contributed by atoms with Crippen molar-refractivity contribution in [3.8, 4) is 5.75 Å². The number of aromatic nitrogens is 4. The number of esters is 1. The monoisotopic (exact) mass is 457 g/mol. The van der Waals surface area contributed by atoms with Gasteiger partial charge in [-0.1, -0.05) is 23.9 Å². The smallest absolute Gasteiger partial charge is 0.311 e. The zero-order valence-electron chi connectivity index (χ0n) is 18.8. The molecule has 0 aliphatic carbocycles. The molecule has 0 aliphatic heterocycles. The van der Waals surface area contributed by atoms with Crippen molar-refractivity contribution in [1.82, 2.24) is 24.9 Å². The van der Waals surface area contributed by atoms with Crippen LogP contribution in [0.15, 0.2) is 29.4 Å². The van der Waals surface area contributed by atoms with Crippen molar-refractivity contribution in [2.45, 2.75) is 44.9 Å². The molecular formula is C22H27N5O4S. The molecule has 2 heterocycles. The molecule has 10 heteroatoms. The number of fused-ring (bicyclic) bond motifs is 1. The number of aryl methyl sites for hydroxylation is 2. The van der Waals surface area contributed by atoms with Gasteiger partial charge in [0.25, 0.3) is 11.7 Å². The molecular weight excluding hydrogens is 430 g/mol. The number of amides is 1. The molecule has 3 rings (SSSR count). The van der Waals surface area contributed by atoms with E-state index in [2.05, 4.69) is 20.4 Å². The summed E-state index contributed by atoms with van der Waals surface area (Å²) >= 11 is 1.42. The molecule has 0 spiro atoms. The molecule has 0 saturated carbocycles. The molecule has 9 nitrogen and oxygen atoms in total. The first-order valence-electron chi connectivity index (χ1n) is 10.2. The topological polar surface area (TPSA) is 108 Å². The van der Waals surface area contributed by atoms with Crippen LogP contribution in [0.25, 0.3) is 5.78 Å². The molecule has 1 N–H and O–H groups in total. The number of carbonyl (C=O) groups is 2. The fourth-order valence-electron chi connectivity index (χ4n) is 3.23. The third-order valence-electron chi connectivity index (χ3n) is 5.08. The quantitative estimate of drug-likeness (QED) is 0.385. The molecule has 2 aromatic heterocycles. The number of thioether (sulfide) groups is 1. The molecule has 0 radical (unpaired) electrons. The molecule has 0 aliphatic rings. The number of carbonyl (C=O) groups excluding carboxylic acids is 2. The first-order chi connectivity index (χ1) is 15.3. The fourth-order valence-corrected chi connectivity index (χ4v) is 3.57. The Balaban J connectivity index is 1.54. The predicted octanol–water partition coefficient (Wildman–Crippen LogP) is 2.30. The van der Waals surface area contributed by atoms with Crippen LogP contribution in [0.1, 0.15) is 29.4 Å². The second-order valence-corrected chi connectivity index (χ2v) is 8.04. The van der Waals surface area contributed by atoms with Gasteiger partial charge in [-0.15, -0.1) is 5.10 Å². The third-order valence-corrected chi connectivity index (χ3v) is 5.62. The molecule has 0 bridgehead atoms. The number of nitrogens with one attached hydrogen (secondary N) is 1. The summed E-state index contributed by atoms with van der Waals surface area (Å²) in [5.74, 6) is 0.438. The number of rotatable bonds is 9. The molecule has 1 amide bonds. The Hall–Kier alpha value is -3.14. The van der Waals surface area contributed by atoms with Crippen molar-refractivity contribution >= 4 is 29.4 Å². The zero-order chi connectivity index (χ0) is 23.3. The highest BCUT2D eigenvalue weighted by atomic mass is 32.2. The number of hydrogen-bond donors (Lipinski definition) is 1. The van der Waals surface area contributed by atoms with Crippen LogP contribution in [0, 0.1) is 13.8 Å². The van der Waals surface area contributed by atoms with Crippen LogP contribution < -0.4 is 10.1 Å². The van der Waals surface area contributed by atoms with E-state index in [9.17, 15) is 9.59 Å². The average Bonchev–Trinajstić information content (AvgIpc) is 3.20. The van der Waals surface area contributed by atoms with Gasteiger partial charge in [0.2, 0.25) is 5.16 Å². The summed E-state index contributed by atoms with van der Waals surface area (Å²) in [5, 5.41) is 7.79. The summed E-state index contributed by atoms with van der Waals surface area (Å²) in [5.41, 5.74) is 3.24. The zero-order valence-corrected chi connectivity index (χ0v) is 19.7. The maximum absolute atomic E-state index is 12.5. The van der Waals surface area contributed by atoms with Crippen LogP contribution in [-0.4, -0.2) is 57.5 Å². The number of methoxy groups -OCH3 is 1. The highest BCUT2D eigenvalue weighted by Crippen LogP contribution is 2.18. The van der Waals surface area contributed by atoms with Gasteiger partial charge in [-0.3, -0.25) is 9.59 Å². The van der Waals surface area contributed by atoms with Gasteiger partial charge in [0.15, 0.2) is 6.10 Å². The van der Waals surface area contributed by atoms with Crippen LogP contribution in [-0.2, 0) is 27.2 Å². The van der Waals surface area contributed by atoms with Crippen LogP contribution >= 0.6 is 11.8 Å². The first kappa shape index (κ1) is 23.5. The standard InChI is InChI=1S/C22H27N5O4S/c1-13-18(14(2)27-21(24-13)25-22(26-27)32-5)12-19(28)31-15(3)20(29)23-11-10-16-6-8-17(30-4)9-7-16/h6-9,15H,10-12H2,1-5H3,(H,23,29). The SMILES string of the molecule is COc1ccc(CCNC(=O)C(C)OC(=O)Cc2c(C)nc3nc(SC)nn3c2C)cc1. The molecule has 1 atom stereocenters. The summed E-state index contributed by atoms with van der Waals surface area (Å²) in [6.45, 7) is 5.68. The van der Waals surface area contributed by atoms with Crippen LogP contribution in [0.2, 0.25) is 0 Å². The Labute approximate surface area is 190 Å². The second-order valence-electron chi connectivity index (χ2n) is 7.27. The van der Waals surface area contributed by atoms with Crippen LogP contribution in [0.4, 0.5) is 0 Å². The van der Waals surface area contributed by atoms with Crippen molar-refractivity contribution in [2.75, 3.05) is 19.9 Å². The van der Waals surface area contributed by atoms with Crippen LogP contribution in [0.3, 0.4) is 0 Å². The minimum Gasteiger partial charge on any atom is -0.497 e. The lowest BCUT2D eigenvalue weighted by molar-refractivity contribution is -0.154. The Morgan fingerprint density at radius 1 is 1.19 bits per heavy atom. The lowest BCUT2D eigenvalue weighted by atomic mass is 10.1. The molecule has 32 heavy (non-hydrogen) atoms. The summed E-state index contributed by atoms with van der Waals surface area (Å²) in [7, 11) is 1.62. The van der Waals surface area contributed by atoms with E-state index in [1.54, 1.807) is 18.5 Å². The number of nitrogens with zero attached hydrogens (tertiary/aromatic N) is 4. The summed E-state index contributed by atoms with van der Waals surface area (Å²) < 4.78 is 12.1. The van der Waals surface area contributed by atoms with E-state index >= 15 is 0 Å². The van der Waals surface area contributed by atoms with Crippen molar-refractivity contribution in [3.05, 3.63) is 46.8 Å². The number of ether oxygens (including phenoxy) is 2. The van der Waals surface area contributed by atoms with Gasteiger partial charge < -0.3 is 14.8 Å². The third kappa shape index (κ3) is 5.56. The summed E-state index contributed by atoms with van der Waals surface area (Å²) in [6, 6.07) is 7.64. The summed E-state index contributed by atoms with van der Waals surface area (Å²) in [4.78, 5) is 33.6. The van der Waals surface area contributed by atoms with Gasteiger partial charge in [0, 0.05) is 23.5 Å². The lowest BCUT2D eigenvalue weighted by Gasteiger charge is -2.15. The average molecular weight is 458 g/mol. The Morgan fingerprint density at radius 2 is 1.91 bits per heavy atom. The second kappa shape index (κ2) is 10.4. The van der Waals surface area contributed by atoms with E-state index in [-0.39, 0.29) is 12.3 Å². The minimum atomic E-state index is -0.898. The Morgan fingerprint density at radius 3 is 2.56 bits per heavy atom. The van der Waals surface area contributed by atoms with Crippen molar-refractivity contribution in [2.24, 2.45) is 0 Å². The van der Waals surface area contributed by atoms with E-state index in [0.29, 0.717) is 35.2 Å². The van der Waals surface area contributed by atoms with Gasteiger partial charge in [-0.05, 0) is 51.1 Å². The Kier molecular flexibility index (Phi) is 7.68. The van der Waals surface area contributed by atoms with Gasteiger partial charge in [-0.2, -0.15) is 4.98 Å². The predicted molar refractivity (Wildman–Crippen MR) is 121 cm³/mol. The fraction of sp³-hybridized carbons (Fsp3) is 0.409. The molecule has 0 saturated heterocycles. The molecule has 170 valence electrons. The van der Waals surface area contributed by atoms with E-state index < -0.39 is 12.1 Å². The van der Waals surface area contributed by atoms with Crippen molar-refractivity contribution < 1.29 is 19.1 Å². The number of hydrogen-bond acceptors (Lipinski definition) is 8. The largest absolute Gasteiger partial charge is 0.497 e. The maximum Gasteiger partial charge on any atom is 0.311 e. The minimum absolute atomic E-state index is 0.00145. The molecule has 1 aromatic carbocycles. The molecule has 0 fully saturated rings. The van der Waals surface area contributed by atoms with Gasteiger partial charge in [-0.25, -0.2) is 9.50 Å². The lowest BCUT2D eigenvalue weighted by Crippen LogP contribution is -2.37. The van der Waals surface area contributed by atoms with Crippen molar-refractivity contribution in [3.63, 3.8) is 0 Å². The van der Waals surface area contributed by atoms with Crippen molar-refractivity contribution in [1.29, 1.82) is 0 Å². The normalized spacial score (nSPS) is 11.9.